The largest absolute Gasteiger partial charge is 0.480 e. The number of carboxylic acids is 1. The van der Waals surface area contributed by atoms with Gasteiger partial charge in [-0.3, -0.25) is 9.59 Å². The van der Waals surface area contributed by atoms with Crippen LogP contribution >= 0.6 is 0 Å². The van der Waals surface area contributed by atoms with Gasteiger partial charge in [-0.25, -0.2) is 4.79 Å². The van der Waals surface area contributed by atoms with Gasteiger partial charge in [-0.15, -0.1) is 0 Å². The third-order valence-corrected chi connectivity index (χ3v) is 6.12. The van der Waals surface area contributed by atoms with Gasteiger partial charge >= 0.3 is 12.1 Å². The Bertz CT molecular complexity index is 970. The molecule has 1 aliphatic carbocycles. The van der Waals surface area contributed by atoms with Gasteiger partial charge in [0.05, 0.1) is 12.0 Å². The van der Waals surface area contributed by atoms with Crippen molar-refractivity contribution in [2.24, 2.45) is 5.41 Å². The highest BCUT2D eigenvalue weighted by Crippen LogP contribution is 2.44. The number of carbonyl (C=O) groups excluding carboxylic acids is 2. The highest BCUT2D eigenvalue weighted by Gasteiger charge is 2.41. The molecule has 0 radical (unpaired) electrons. The predicted molar refractivity (Wildman–Crippen MR) is 116 cm³/mol. The molecule has 1 atom stereocenters. The van der Waals surface area contributed by atoms with Gasteiger partial charge in [-0.2, -0.15) is 0 Å². The molecule has 1 unspecified atom stereocenters. The molecular formula is C24H26N2O6. The van der Waals surface area contributed by atoms with Crippen molar-refractivity contribution < 1.29 is 29.0 Å². The number of hydrogen-bond acceptors (Lipinski definition) is 5. The number of fused-ring (bicyclic) bond motifs is 3. The first kappa shape index (κ1) is 21.8. The second-order valence-corrected chi connectivity index (χ2v) is 8.19. The van der Waals surface area contributed by atoms with Crippen molar-refractivity contribution in [3.8, 4) is 11.1 Å². The average Bonchev–Trinajstić information content (AvgIpc) is 3.14. The lowest BCUT2D eigenvalue weighted by molar-refractivity contribution is -0.143. The van der Waals surface area contributed by atoms with Crippen LogP contribution in [0.15, 0.2) is 48.5 Å². The molecule has 0 spiro atoms. The van der Waals surface area contributed by atoms with Crippen LogP contribution in [0, 0.1) is 5.41 Å². The Hall–Kier alpha value is -3.39. The first-order valence-electron chi connectivity index (χ1n) is 10.7. The van der Waals surface area contributed by atoms with Crippen molar-refractivity contribution in [2.45, 2.75) is 18.8 Å². The molecule has 1 aliphatic heterocycles. The molecule has 1 saturated heterocycles. The number of amides is 2. The van der Waals surface area contributed by atoms with E-state index in [2.05, 4.69) is 22.8 Å². The Morgan fingerprint density at radius 1 is 1.03 bits per heavy atom. The van der Waals surface area contributed by atoms with Crippen LogP contribution in [0.3, 0.4) is 0 Å². The Morgan fingerprint density at radius 3 is 2.28 bits per heavy atom. The first-order chi connectivity index (χ1) is 15.5. The van der Waals surface area contributed by atoms with Gasteiger partial charge in [-0.1, -0.05) is 48.5 Å². The van der Waals surface area contributed by atoms with Gasteiger partial charge in [0.25, 0.3) is 0 Å². The van der Waals surface area contributed by atoms with E-state index >= 15 is 0 Å². The average molecular weight is 438 g/mol. The monoisotopic (exact) mass is 438 g/mol. The van der Waals surface area contributed by atoms with E-state index in [0.29, 0.717) is 19.4 Å². The third-order valence-electron chi connectivity index (χ3n) is 6.12. The molecule has 4 rings (SSSR count). The van der Waals surface area contributed by atoms with Crippen LogP contribution in [0.2, 0.25) is 0 Å². The van der Waals surface area contributed by atoms with Crippen LogP contribution in [-0.4, -0.2) is 56.0 Å². The molecule has 2 amide bonds. The van der Waals surface area contributed by atoms with Crippen LogP contribution in [-0.2, 0) is 19.1 Å². The second-order valence-electron chi connectivity index (χ2n) is 8.19. The maximum Gasteiger partial charge on any atom is 0.407 e. The van der Waals surface area contributed by atoms with Crippen LogP contribution in [0.25, 0.3) is 11.1 Å². The molecular weight excluding hydrogens is 412 g/mol. The van der Waals surface area contributed by atoms with E-state index in [1.165, 1.54) is 0 Å². The Morgan fingerprint density at radius 2 is 1.69 bits per heavy atom. The maximum atomic E-state index is 12.6. The molecule has 8 nitrogen and oxygen atoms in total. The zero-order valence-corrected chi connectivity index (χ0v) is 17.6. The fourth-order valence-corrected chi connectivity index (χ4v) is 4.49. The topological polar surface area (TPSA) is 114 Å². The van der Waals surface area contributed by atoms with Crippen LogP contribution in [0.4, 0.5) is 4.79 Å². The number of carboxylic acid groups (broad SMARTS) is 1. The van der Waals surface area contributed by atoms with E-state index in [0.717, 1.165) is 22.3 Å². The molecule has 3 N–H and O–H groups in total. The molecule has 2 aromatic rings. The van der Waals surface area contributed by atoms with Gasteiger partial charge in [0.15, 0.2) is 0 Å². The van der Waals surface area contributed by atoms with Crippen molar-refractivity contribution in [2.75, 3.05) is 32.9 Å². The summed E-state index contributed by atoms with van der Waals surface area (Å²) >= 11 is 0. The molecule has 2 aromatic carbocycles. The Balaban J connectivity index is 1.38. The lowest BCUT2D eigenvalue weighted by atomic mass is 9.81. The normalized spacial score (nSPS) is 19.5. The number of nitrogens with one attached hydrogen (secondary N) is 2. The highest BCUT2D eigenvalue weighted by atomic mass is 16.5. The number of rotatable bonds is 7. The Labute approximate surface area is 185 Å². The summed E-state index contributed by atoms with van der Waals surface area (Å²) in [6.07, 6.45) is 0.512. The first-order valence-corrected chi connectivity index (χ1v) is 10.7. The minimum atomic E-state index is -1.13. The number of aliphatic carboxylic acids is 1. The molecule has 2 aliphatic rings. The number of hydrogen-bond donors (Lipinski definition) is 3. The number of ether oxygens (including phenoxy) is 2. The van der Waals surface area contributed by atoms with Crippen LogP contribution in [0.1, 0.15) is 29.9 Å². The zero-order chi connectivity index (χ0) is 22.6. The van der Waals surface area contributed by atoms with Crippen molar-refractivity contribution >= 4 is 18.0 Å². The summed E-state index contributed by atoms with van der Waals surface area (Å²) in [6.45, 7) is 0.343. The van der Waals surface area contributed by atoms with Crippen molar-refractivity contribution in [3.63, 3.8) is 0 Å². The van der Waals surface area contributed by atoms with Gasteiger partial charge in [0.2, 0.25) is 5.91 Å². The third kappa shape index (κ3) is 4.45. The van der Waals surface area contributed by atoms with E-state index in [1.807, 2.05) is 36.4 Å². The Kier molecular flexibility index (Phi) is 6.41. The summed E-state index contributed by atoms with van der Waals surface area (Å²) in [5, 5.41) is 13.9. The summed E-state index contributed by atoms with van der Waals surface area (Å²) in [7, 11) is 0. The van der Waals surface area contributed by atoms with Gasteiger partial charge in [0, 0.05) is 19.1 Å². The van der Waals surface area contributed by atoms with Crippen molar-refractivity contribution in [1.29, 1.82) is 0 Å². The molecule has 1 heterocycles. The predicted octanol–water partition coefficient (Wildman–Crippen LogP) is 2.52. The molecule has 8 heteroatoms. The molecule has 0 aromatic heterocycles. The van der Waals surface area contributed by atoms with Crippen LogP contribution in [0.5, 0.6) is 0 Å². The lowest BCUT2D eigenvalue weighted by Crippen LogP contribution is -2.53. The van der Waals surface area contributed by atoms with E-state index in [1.54, 1.807) is 0 Å². The van der Waals surface area contributed by atoms with Gasteiger partial charge in [-0.05, 0) is 35.1 Å². The maximum absolute atomic E-state index is 12.6. The van der Waals surface area contributed by atoms with E-state index in [9.17, 15) is 14.4 Å². The molecule has 1 fully saturated rings. The number of benzene rings is 2. The smallest absolute Gasteiger partial charge is 0.407 e. The highest BCUT2D eigenvalue weighted by molar-refractivity contribution is 5.87. The zero-order valence-electron chi connectivity index (χ0n) is 17.6. The SMILES string of the molecule is O=C(O)CNC(=O)C1(CNC(=O)OCC2c3ccccc3-c3ccccc32)CCCOC1. The van der Waals surface area contributed by atoms with Crippen molar-refractivity contribution in [1.82, 2.24) is 10.6 Å². The van der Waals surface area contributed by atoms with Gasteiger partial charge < -0.3 is 25.2 Å². The van der Waals surface area contributed by atoms with Crippen LogP contribution < -0.4 is 10.6 Å². The lowest BCUT2D eigenvalue weighted by Gasteiger charge is -2.35. The minimum Gasteiger partial charge on any atom is -0.480 e. The molecule has 0 saturated carbocycles. The van der Waals surface area contributed by atoms with Gasteiger partial charge in [0.1, 0.15) is 13.2 Å². The quantitative estimate of drug-likeness (QED) is 0.612. The number of carbonyl (C=O) groups is 3. The second kappa shape index (κ2) is 9.40. The fraction of sp³-hybridized carbons (Fsp3) is 0.375. The standard InChI is InChI=1S/C24H26N2O6/c27-21(28)12-25-22(29)24(10-5-11-31-15-24)14-26-23(30)32-13-20-18-8-3-1-6-16(18)17-7-2-4-9-19(17)20/h1-4,6-9,20H,5,10-15H2,(H,25,29)(H,26,30)(H,27,28). The summed E-state index contributed by atoms with van der Waals surface area (Å²) in [4.78, 5) is 35.9. The van der Waals surface area contributed by atoms with E-state index in [4.69, 9.17) is 14.6 Å². The minimum absolute atomic E-state index is 0.00905. The molecule has 32 heavy (non-hydrogen) atoms. The molecule has 0 bridgehead atoms. The summed E-state index contributed by atoms with van der Waals surface area (Å²) in [5.74, 6) is -1.63. The summed E-state index contributed by atoms with van der Waals surface area (Å²) in [5.41, 5.74) is 3.51. The van der Waals surface area contributed by atoms with E-state index in [-0.39, 0.29) is 25.7 Å². The van der Waals surface area contributed by atoms with Crippen molar-refractivity contribution in [3.05, 3.63) is 59.7 Å². The summed E-state index contributed by atoms with van der Waals surface area (Å²) < 4.78 is 11.0. The van der Waals surface area contributed by atoms with E-state index < -0.39 is 29.9 Å². The fourth-order valence-electron chi connectivity index (χ4n) is 4.49. The molecule has 168 valence electrons. The summed E-state index contributed by atoms with van der Waals surface area (Å²) in [6, 6.07) is 16.2. The number of alkyl carbamates (subject to hydrolysis) is 1.